The van der Waals surface area contributed by atoms with Crippen molar-refractivity contribution in [1.29, 1.82) is 0 Å². The number of hydrogen-bond acceptors (Lipinski definition) is 9. The highest BCUT2D eigenvalue weighted by atomic mass is 31.2. The molecule has 2 unspecified atom stereocenters. The molecule has 0 saturated heterocycles. The molecule has 0 aliphatic rings. The molecule has 0 aliphatic heterocycles. The summed E-state index contributed by atoms with van der Waals surface area (Å²) >= 11 is 0. The van der Waals surface area contributed by atoms with Crippen molar-refractivity contribution < 1.29 is 42.7 Å². The van der Waals surface area contributed by atoms with Crippen molar-refractivity contribution in [3.05, 3.63) is 85.1 Å². The van der Waals surface area contributed by atoms with Crippen LogP contribution in [0.2, 0.25) is 0 Å². The fourth-order valence-corrected chi connectivity index (χ4v) is 5.63. The van der Waals surface area contributed by atoms with E-state index in [1.165, 1.54) is 38.5 Å². The van der Waals surface area contributed by atoms with E-state index < -0.39 is 38.6 Å². The molecule has 0 fully saturated rings. The van der Waals surface area contributed by atoms with Crippen LogP contribution in [0.15, 0.2) is 85.1 Å². The molecule has 54 heavy (non-hydrogen) atoms. The molecule has 0 radical (unpaired) electrons. The van der Waals surface area contributed by atoms with Gasteiger partial charge in [0.05, 0.1) is 19.3 Å². The molecule has 11 heteroatoms. The summed E-state index contributed by atoms with van der Waals surface area (Å²) in [6.07, 6.45) is 43.7. The molecule has 0 heterocycles. The molecule has 0 aromatic carbocycles. The number of carbonyl (C=O) groups excluding carboxylic acids is 2. The number of nitrogens with two attached hydrogens (primary N) is 1. The standard InChI is InChI=1S/C43H72NO9P/c1-3-5-7-9-11-13-15-17-18-20-22-24-26-28-30-34-42(46)50-38-41(39-52-54(48,49)51-37-36-44)53-43(47)35-31-33-40(45)32-29-27-25-23-21-19-16-14-12-10-8-6-4-2/h5,7,11,13,17-19,21-22,24-25,27,29,32,40-41,45H,3-4,6,8-10,12,14-16,20,23,26,28,30-31,33-39,44H2,1-2H3,(H,48,49)/b7-5-,13-11-,18-17-,21-19+,24-22-,27-25+,32-29+/t40?,41-/m1/s1. The van der Waals surface area contributed by atoms with E-state index in [0.717, 1.165) is 51.4 Å². The first kappa shape index (κ1) is 51.1. The Morgan fingerprint density at radius 2 is 1.24 bits per heavy atom. The van der Waals surface area contributed by atoms with Gasteiger partial charge in [-0.25, -0.2) is 4.57 Å². The lowest BCUT2D eigenvalue weighted by atomic mass is 10.1. The lowest BCUT2D eigenvalue weighted by Gasteiger charge is -2.20. The van der Waals surface area contributed by atoms with Gasteiger partial charge in [0, 0.05) is 19.4 Å². The Kier molecular flexibility index (Phi) is 36.4. The van der Waals surface area contributed by atoms with Crippen LogP contribution in [0.4, 0.5) is 0 Å². The number of phosphoric ester groups is 1. The average molecular weight is 778 g/mol. The fourth-order valence-electron chi connectivity index (χ4n) is 4.87. The van der Waals surface area contributed by atoms with Crippen LogP contribution < -0.4 is 5.73 Å². The van der Waals surface area contributed by atoms with Crippen LogP contribution in [-0.4, -0.2) is 60.5 Å². The lowest BCUT2D eigenvalue weighted by Crippen LogP contribution is -2.29. The van der Waals surface area contributed by atoms with Crippen molar-refractivity contribution in [3.8, 4) is 0 Å². The Balaban J connectivity index is 4.48. The minimum Gasteiger partial charge on any atom is -0.462 e. The van der Waals surface area contributed by atoms with Gasteiger partial charge in [0.1, 0.15) is 6.61 Å². The number of allylic oxidation sites excluding steroid dienone is 13. The second-order valence-corrected chi connectivity index (χ2v) is 14.4. The smallest absolute Gasteiger partial charge is 0.462 e. The number of esters is 2. The number of aliphatic hydroxyl groups is 1. The summed E-state index contributed by atoms with van der Waals surface area (Å²) in [4.78, 5) is 34.8. The molecular weight excluding hydrogens is 705 g/mol. The number of aliphatic hydroxyl groups excluding tert-OH is 1. The second kappa shape index (κ2) is 38.4. The van der Waals surface area contributed by atoms with Crippen LogP contribution in [0, 0.1) is 0 Å². The van der Waals surface area contributed by atoms with Crippen LogP contribution in [-0.2, 0) is 32.7 Å². The minimum atomic E-state index is -4.44. The molecule has 0 bridgehead atoms. The first-order valence-corrected chi connectivity index (χ1v) is 21.7. The molecule has 4 N–H and O–H groups in total. The number of rotatable bonds is 36. The van der Waals surface area contributed by atoms with Crippen molar-refractivity contribution >= 4 is 19.8 Å². The zero-order valence-corrected chi connectivity index (χ0v) is 34.2. The molecule has 308 valence electrons. The third kappa shape index (κ3) is 37.5. The van der Waals surface area contributed by atoms with E-state index in [-0.39, 0.29) is 32.6 Å². The highest BCUT2D eigenvalue weighted by Crippen LogP contribution is 2.43. The van der Waals surface area contributed by atoms with Crippen molar-refractivity contribution in [2.45, 2.75) is 148 Å². The fraction of sp³-hybridized carbons (Fsp3) is 0.628. The van der Waals surface area contributed by atoms with Gasteiger partial charge in [0.25, 0.3) is 0 Å². The average Bonchev–Trinajstić information content (AvgIpc) is 3.15. The summed E-state index contributed by atoms with van der Waals surface area (Å²) in [6.45, 7) is 3.31. The third-order valence-electron chi connectivity index (χ3n) is 7.87. The van der Waals surface area contributed by atoms with Crippen LogP contribution >= 0.6 is 7.82 Å². The van der Waals surface area contributed by atoms with Crippen LogP contribution in [0.5, 0.6) is 0 Å². The Morgan fingerprint density at radius 1 is 0.667 bits per heavy atom. The molecule has 0 spiro atoms. The van der Waals surface area contributed by atoms with E-state index in [9.17, 15) is 24.2 Å². The molecule has 0 saturated carbocycles. The molecule has 0 aromatic heterocycles. The number of phosphoric acid groups is 1. The highest BCUT2D eigenvalue weighted by molar-refractivity contribution is 7.47. The van der Waals surface area contributed by atoms with E-state index in [1.54, 1.807) is 12.2 Å². The van der Waals surface area contributed by atoms with Crippen molar-refractivity contribution in [3.63, 3.8) is 0 Å². The molecule has 0 aromatic rings. The molecule has 0 amide bonds. The number of hydrogen-bond donors (Lipinski definition) is 3. The van der Waals surface area contributed by atoms with Gasteiger partial charge in [-0.2, -0.15) is 0 Å². The summed E-state index contributed by atoms with van der Waals surface area (Å²) in [5, 5.41) is 10.3. The van der Waals surface area contributed by atoms with E-state index in [4.69, 9.17) is 24.3 Å². The first-order chi connectivity index (χ1) is 26.2. The summed E-state index contributed by atoms with van der Waals surface area (Å²) in [7, 11) is -4.44. The van der Waals surface area contributed by atoms with E-state index >= 15 is 0 Å². The van der Waals surface area contributed by atoms with Gasteiger partial charge in [-0.05, 0) is 77.0 Å². The molecule has 0 aliphatic carbocycles. The van der Waals surface area contributed by atoms with Crippen LogP contribution in [0.1, 0.15) is 136 Å². The first-order valence-electron chi connectivity index (χ1n) is 20.2. The number of unbranched alkanes of at least 4 members (excludes halogenated alkanes) is 8. The largest absolute Gasteiger partial charge is 0.472 e. The van der Waals surface area contributed by atoms with Gasteiger partial charge in [0.2, 0.25) is 0 Å². The van der Waals surface area contributed by atoms with Crippen LogP contribution in [0.3, 0.4) is 0 Å². The summed E-state index contributed by atoms with van der Waals surface area (Å²) < 4.78 is 32.5. The van der Waals surface area contributed by atoms with Gasteiger partial charge in [0.15, 0.2) is 6.10 Å². The Hall–Kier alpha value is -2.85. The maximum atomic E-state index is 12.6. The van der Waals surface area contributed by atoms with Gasteiger partial charge in [-0.3, -0.25) is 18.6 Å². The second-order valence-electron chi connectivity index (χ2n) is 13.0. The number of carbonyl (C=O) groups is 2. The van der Waals surface area contributed by atoms with Gasteiger partial charge < -0.3 is 25.2 Å². The quantitative estimate of drug-likeness (QED) is 0.0184. The zero-order valence-electron chi connectivity index (χ0n) is 33.3. The van der Waals surface area contributed by atoms with E-state index in [0.29, 0.717) is 19.3 Å². The highest BCUT2D eigenvalue weighted by Gasteiger charge is 2.26. The topological polar surface area (TPSA) is 155 Å². The van der Waals surface area contributed by atoms with Crippen LogP contribution in [0.25, 0.3) is 0 Å². The zero-order chi connectivity index (χ0) is 39.8. The van der Waals surface area contributed by atoms with Crippen molar-refractivity contribution in [2.75, 3.05) is 26.4 Å². The Labute approximate surface area is 326 Å². The summed E-state index contributed by atoms with van der Waals surface area (Å²) in [5.41, 5.74) is 5.32. The van der Waals surface area contributed by atoms with Crippen molar-refractivity contribution in [1.82, 2.24) is 0 Å². The SMILES string of the molecule is CC/C=C\C/C=C\C/C=C\C/C=C\CCCCC(=O)OC[C@H](COP(=O)(O)OCCN)OC(=O)CCCC(O)/C=C/C=C/C/C=C/CCCCCCCC. The van der Waals surface area contributed by atoms with E-state index in [1.807, 2.05) is 12.2 Å². The molecule has 10 nitrogen and oxygen atoms in total. The Bertz CT molecular complexity index is 1180. The Morgan fingerprint density at radius 3 is 1.89 bits per heavy atom. The molecular formula is C43H72NO9P. The van der Waals surface area contributed by atoms with Gasteiger partial charge in [-0.15, -0.1) is 0 Å². The maximum absolute atomic E-state index is 12.6. The normalized spacial score (nSPS) is 14.8. The van der Waals surface area contributed by atoms with Crippen molar-refractivity contribution in [2.24, 2.45) is 5.73 Å². The molecule has 3 atom stereocenters. The lowest BCUT2D eigenvalue weighted by molar-refractivity contribution is -0.161. The third-order valence-corrected chi connectivity index (χ3v) is 8.85. The molecule has 0 rings (SSSR count). The predicted octanol–water partition coefficient (Wildman–Crippen LogP) is 10.2. The predicted molar refractivity (Wildman–Crippen MR) is 221 cm³/mol. The van der Waals surface area contributed by atoms with E-state index in [2.05, 4.69) is 74.6 Å². The summed E-state index contributed by atoms with van der Waals surface area (Å²) in [6, 6.07) is 0. The maximum Gasteiger partial charge on any atom is 0.472 e. The van der Waals surface area contributed by atoms with Gasteiger partial charge >= 0.3 is 19.8 Å². The minimum absolute atomic E-state index is 0.00760. The number of ether oxygens (including phenoxy) is 2. The van der Waals surface area contributed by atoms with Gasteiger partial charge in [-0.1, -0.05) is 131 Å². The summed E-state index contributed by atoms with van der Waals surface area (Å²) in [5.74, 6) is -1.09. The monoisotopic (exact) mass is 777 g/mol.